The van der Waals surface area contributed by atoms with Crippen LogP contribution in [0.4, 0.5) is 0 Å². The lowest BCUT2D eigenvalue weighted by Gasteiger charge is -2.29. The van der Waals surface area contributed by atoms with Crippen LogP contribution in [0.3, 0.4) is 0 Å². The fraction of sp³-hybridized carbons (Fsp3) is 0.364. The van der Waals surface area contributed by atoms with Crippen molar-refractivity contribution >= 4 is 11.0 Å². The van der Waals surface area contributed by atoms with Gasteiger partial charge >= 0.3 is 0 Å². The fourth-order valence-corrected chi connectivity index (χ4v) is 4.98. The molecule has 0 saturated carbocycles. The van der Waals surface area contributed by atoms with Crippen molar-refractivity contribution in [2.75, 3.05) is 0 Å². The maximum atomic E-state index is 10.6. The third-order valence-corrected chi connectivity index (χ3v) is 6.45. The number of nitrogens with one attached hydrogen (secondary N) is 1. The second-order valence-electron chi connectivity index (χ2n) is 8.50. The summed E-state index contributed by atoms with van der Waals surface area (Å²) >= 11 is 0. The van der Waals surface area contributed by atoms with E-state index >= 15 is 0 Å². The van der Waals surface area contributed by atoms with E-state index in [9.17, 15) is 5.11 Å². The average Bonchev–Trinajstić information content (AvgIpc) is 3.45. The molecule has 152 valence electrons. The molecule has 8 heteroatoms. The maximum absolute atomic E-state index is 10.6. The summed E-state index contributed by atoms with van der Waals surface area (Å²) in [7, 11) is 1.87. The van der Waals surface area contributed by atoms with E-state index < -0.39 is 0 Å². The molecule has 6 rings (SSSR count). The van der Waals surface area contributed by atoms with Gasteiger partial charge in [-0.25, -0.2) is 4.68 Å². The molecule has 2 aliphatic heterocycles. The Morgan fingerprint density at radius 3 is 2.57 bits per heavy atom. The monoisotopic (exact) mass is 401 g/mol. The van der Waals surface area contributed by atoms with Gasteiger partial charge in [-0.15, -0.1) is 10.2 Å². The average molecular weight is 401 g/mol. The molecule has 0 amide bonds. The first kappa shape index (κ1) is 17.6. The summed E-state index contributed by atoms with van der Waals surface area (Å²) in [6, 6.07) is 9.10. The number of nitrogens with zero attached hydrogens (tertiary/aromatic N) is 6. The van der Waals surface area contributed by atoms with E-state index in [2.05, 4.69) is 25.7 Å². The first-order valence-electron chi connectivity index (χ1n) is 10.4. The molecule has 0 aliphatic carbocycles. The molecule has 2 bridgehead atoms. The van der Waals surface area contributed by atoms with Gasteiger partial charge < -0.3 is 10.4 Å². The number of phenols is 1. The highest BCUT2D eigenvalue weighted by atomic mass is 16.3. The van der Waals surface area contributed by atoms with Gasteiger partial charge in [0.25, 0.3) is 0 Å². The minimum absolute atomic E-state index is 0.173. The third-order valence-electron chi connectivity index (χ3n) is 6.45. The highest BCUT2D eigenvalue weighted by Gasteiger charge is 2.35. The first-order valence-corrected chi connectivity index (χ1v) is 10.4. The van der Waals surface area contributed by atoms with E-state index in [-0.39, 0.29) is 5.75 Å². The fourth-order valence-electron chi connectivity index (χ4n) is 4.98. The normalized spacial score (nSPS) is 23.3. The van der Waals surface area contributed by atoms with Crippen molar-refractivity contribution in [2.45, 2.75) is 43.8 Å². The molecule has 8 nitrogen and oxygen atoms in total. The summed E-state index contributed by atoms with van der Waals surface area (Å²) in [4.78, 5) is 0. The van der Waals surface area contributed by atoms with Gasteiger partial charge in [0.05, 0.1) is 24.1 Å². The van der Waals surface area contributed by atoms with E-state index in [1.54, 1.807) is 16.9 Å². The molecule has 5 heterocycles. The Hall–Kier alpha value is -3.26. The zero-order valence-electron chi connectivity index (χ0n) is 16.7. The Morgan fingerprint density at radius 2 is 1.83 bits per heavy atom. The molecule has 3 atom stereocenters. The van der Waals surface area contributed by atoms with E-state index in [1.807, 2.05) is 42.3 Å². The van der Waals surface area contributed by atoms with Crippen LogP contribution in [0.2, 0.25) is 0 Å². The lowest BCUT2D eigenvalue weighted by molar-refractivity contribution is 0.286. The van der Waals surface area contributed by atoms with Crippen molar-refractivity contribution in [1.29, 1.82) is 0 Å². The number of rotatable bonds is 3. The number of aromatic nitrogens is 6. The summed E-state index contributed by atoms with van der Waals surface area (Å²) in [6.07, 6.45) is 10.2. The van der Waals surface area contributed by atoms with Crippen molar-refractivity contribution in [1.82, 2.24) is 35.1 Å². The van der Waals surface area contributed by atoms with Crippen molar-refractivity contribution in [3.63, 3.8) is 0 Å². The number of aryl methyl sites for hydroxylation is 1. The van der Waals surface area contributed by atoms with Crippen LogP contribution in [-0.4, -0.2) is 46.9 Å². The van der Waals surface area contributed by atoms with E-state index in [0.717, 1.165) is 35.0 Å². The molecule has 0 spiro atoms. The number of fused-ring (bicyclic) bond motifs is 3. The molecule has 2 aliphatic rings. The smallest absolute Gasteiger partial charge is 0.180 e. The quantitative estimate of drug-likeness (QED) is 0.548. The number of benzene rings is 1. The molecule has 2 N–H and O–H groups in total. The summed E-state index contributed by atoms with van der Waals surface area (Å²) < 4.78 is 3.79. The largest absolute Gasteiger partial charge is 0.507 e. The van der Waals surface area contributed by atoms with Crippen molar-refractivity contribution in [3.8, 4) is 28.1 Å². The van der Waals surface area contributed by atoms with Crippen molar-refractivity contribution < 1.29 is 5.11 Å². The van der Waals surface area contributed by atoms with Gasteiger partial charge in [-0.3, -0.25) is 4.68 Å². The first-order chi connectivity index (χ1) is 14.6. The SMILES string of the molecule is Cn1cc(-c2ccc(-c3cc4cnn([C@H]5CC6CC[C@H](C5)N6)c4nn3)c(O)c2)cn1. The van der Waals surface area contributed by atoms with Crippen LogP contribution in [0.25, 0.3) is 33.4 Å². The lowest BCUT2D eigenvalue weighted by Crippen LogP contribution is -2.39. The standard InChI is InChI=1S/C22H23N7O/c1-28-12-15(11-23-28)13-2-5-19(21(30)7-13)20-6-14-10-24-29(22(14)27-26-20)18-8-16-3-4-17(9-18)25-16/h2,5-7,10-12,16-18,25,30H,3-4,8-9H2,1H3/t16-,17?,18-/m1/s1. The summed E-state index contributed by atoms with van der Waals surface area (Å²) in [5, 5.41) is 33.0. The van der Waals surface area contributed by atoms with Crippen LogP contribution >= 0.6 is 0 Å². The summed E-state index contributed by atoms with van der Waals surface area (Å²) in [6.45, 7) is 0. The molecule has 2 fully saturated rings. The van der Waals surface area contributed by atoms with Crippen LogP contribution < -0.4 is 5.32 Å². The Bertz CT molecular complexity index is 1230. The Kier molecular flexibility index (Phi) is 3.89. The van der Waals surface area contributed by atoms with Crippen LogP contribution in [-0.2, 0) is 7.05 Å². The Morgan fingerprint density at radius 1 is 1.00 bits per heavy atom. The minimum atomic E-state index is 0.173. The molecule has 0 radical (unpaired) electrons. The Balaban J connectivity index is 1.33. The third kappa shape index (κ3) is 2.87. The van der Waals surface area contributed by atoms with Crippen LogP contribution in [0, 0.1) is 0 Å². The number of aromatic hydroxyl groups is 1. The number of piperidine rings is 1. The van der Waals surface area contributed by atoms with E-state index in [0.29, 0.717) is 29.4 Å². The summed E-state index contributed by atoms with van der Waals surface area (Å²) in [5.74, 6) is 0.173. The van der Waals surface area contributed by atoms with Gasteiger partial charge in [0, 0.05) is 41.8 Å². The van der Waals surface area contributed by atoms with Crippen LogP contribution in [0.5, 0.6) is 5.75 Å². The highest BCUT2D eigenvalue weighted by Crippen LogP contribution is 2.36. The molecular formula is C22H23N7O. The van der Waals surface area contributed by atoms with Crippen molar-refractivity contribution in [3.05, 3.63) is 42.9 Å². The molecule has 2 saturated heterocycles. The van der Waals surface area contributed by atoms with Gasteiger partial charge in [-0.2, -0.15) is 10.2 Å². The summed E-state index contributed by atoms with van der Waals surface area (Å²) in [5.41, 5.74) is 3.98. The van der Waals surface area contributed by atoms with Gasteiger partial charge in [-0.05, 0) is 49.4 Å². The maximum Gasteiger partial charge on any atom is 0.180 e. The van der Waals surface area contributed by atoms with E-state index in [4.69, 9.17) is 0 Å². The predicted molar refractivity (Wildman–Crippen MR) is 113 cm³/mol. The molecule has 1 aromatic carbocycles. The van der Waals surface area contributed by atoms with Crippen molar-refractivity contribution in [2.24, 2.45) is 7.05 Å². The van der Waals surface area contributed by atoms with E-state index in [1.165, 1.54) is 12.8 Å². The topological polar surface area (TPSA) is 93.7 Å². The zero-order valence-corrected chi connectivity index (χ0v) is 16.7. The molecule has 30 heavy (non-hydrogen) atoms. The molecule has 3 aromatic heterocycles. The van der Waals surface area contributed by atoms with Crippen LogP contribution in [0.1, 0.15) is 31.7 Å². The number of hydrogen-bond donors (Lipinski definition) is 2. The zero-order chi connectivity index (χ0) is 20.2. The molecule has 1 unspecified atom stereocenters. The highest BCUT2D eigenvalue weighted by molar-refractivity contribution is 5.81. The number of hydrogen-bond acceptors (Lipinski definition) is 6. The van der Waals surface area contributed by atoms with Gasteiger partial charge in [0.1, 0.15) is 5.75 Å². The Labute approximate surface area is 173 Å². The number of phenolic OH excluding ortho intramolecular Hbond substituents is 1. The minimum Gasteiger partial charge on any atom is -0.507 e. The molecule has 4 aromatic rings. The predicted octanol–water partition coefficient (Wildman–Crippen LogP) is 3.05. The second-order valence-corrected chi connectivity index (χ2v) is 8.50. The second kappa shape index (κ2) is 6.63. The lowest BCUT2D eigenvalue weighted by atomic mass is 10.00. The van der Waals surface area contributed by atoms with Gasteiger partial charge in [-0.1, -0.05) is 6.07 Å². The van der Waals surface area contributed by atoms with Gasteiger partial charge in [0.2, 0.25) is 0 Å². The molecular weight excluding hydrogens is 378 g/mol. The van der Waals surface area contributed by atoms with Gasteiger partial charge in [0.15, 0.2) is 5.65 Å². The van der Waals surface area contributed by atoms with Crippen LogP contribution in [0.15, 0.2) is 42.9 Å².